The van der Waals surface area contributed by atoms with Gasteiger partial charge >= 0.3 is 0 Å². The van der Waals surface area contributed by atoms with Crippen molar-refractivity contribution in [1.82, 2.24) is 20.1 Å². The van der Waals surface area contributed by atoms with Gasteiger partial charge in [-0.1, -0.05) is 43.2 Å². The quantitative estimate of drug-likeness (QED) is 0.655. The van der Waals surface area contributed by atoms with Crippen LogP contribution in [0.25, 0.3) is 0 Å². The number of thioether (sulfide) groups is 1. The summed E-state index contributed by atoms with van der Waals surface area (Å²) in [6.07, 6.45) is 5.51. The second kappa shape index (κ2) is 10.0. The van der Waals surface area contributed by atoms with Gasteiger partial charge in [-0.15, -0.1) is 10.2 Å². The zero-order valence-corrected chi connectivity index (χ0v) is 18.4. The SMILES string of the molecule is COc1ccccc1OC(C)c1nnc(SC(C)C(=O)NC2CCCCC2)n1C. The number of hydrogen-bond donors (Lipinski definition) is 1. The molecule has 1 aromatic heterocycles. The van der Waals surface area contributed by atoms with E-state index in [4.69, 9.17) is 9.47 Å². The van der Waals surface area contributed by atoms with Crippen molar-refractivity contribution in [2.45, 2.75) is 68.5 Å². The highest BCUT2D eigenvalue weighted by Crippen LogP contribution is 2.31. The first-order valence-corrected chi connectivity index (χ1v) is 11.0. The predicted octanol–water partition coefficient (Wildman–Crippen LogP) is 3.89. The number of ether oxygens (including phenoxy) is 2. The summed E-state index contributed by atoms with van der Waals surface area (Å²) in [5.74, 6) is 2.08. The maximum Gasteiger partial charge on any atom is 0.233 e. The average molecular weight is 419 g/mol. The Balaban J connectivity index is 1.61. The lowest BCUT2D eigenvalue weighted by Crippen LogP contribution is -2.40. The molecule has 1 aliphatic carbocycles. The van der Waals surface area contributed by atoms with Crippen molar-refractivity contribution in [3.8, 4) is 11.5 Å². The van der Waals surface area contributed by atoms with Crippen LogP contribution in [-0.2, 0) is 11.8 Å². The van der Waals surface area contributed by atoms with Crippen molar-refractivity contribution in [3.05, 3.63) is 30.1 Å². The molecule has 158 valence electrons. The van der Waals surface area contributed by atoms with Crippen molar-refractivity contribution in [3.63, 3.8) is 0 Å². The first kappa shape index (κ1) is 21.5. The smallest absolute Gasteiger partial charge is 0.233 e. The van der Waals surface area contributed by atoms with E-state index in [0.717, 1.165) is 12.8 Å². The number of hydrogen-bond acceptors (Lipinski definition) is 6. The number of para-hydroxylation sites is 2. The van der Waals surface area contributed by atoms with Crippen LogP contribution in [0.2, 0.25) is 0 Å². The van der Waals surface area contributed by atoms with Gasteiger partial charge in [0.25, 0.3) is 0 Å². The van der Waals surface area contributed by atoms with E-state index in [9.17, 15) is 4.79 Å². The topological polar surface area (TPSA) is 78.3 Å². The van der Waals surface area contributed by atoms with Gasteiger partial charge in [-0.2, -0.15) is 0 Å². The maximum atomic E-state index is 12.6. The number of amides is 1. The fourth-order valence-corrected chi connectivity index (χ4v) is 4.35. The Hall–Kier alpha value is -2.22. The first-order valence-electron chi connectivity index (χ1n) is 10.2. The van der Waals surface area contributed by atoms with Gasteiger partial charge in [-0.25, -0.2) is 0 Å². The molecule has 3 rings (SSSR count). The summed E-state index contributed by atoms with van der Waals surface area (Å²) in [5, 5.41) is 12.2. The molecule has 0 bridgehead atoms. The van der Waals surface area contributed by atoms with Crippen LogP contribution < -0.4 is 14.8 Å². The Morgan fingerprint density at radius 2 is 1.86 bits per heavy atom. The van der Waals surface area contributed by atoms with Crippen molar-refractivity contribution in [1.29, 1.82) is 0 Å². The number of benzene rings is 1. The monoisotopic (exact) mass is 418 g/mol. The highest BCUT2D eigenvalue weighted by molar-refractivity contribution is 8.00. The van der Waals surface area contributed by atoms with Crippen LogP contribution in [0.1, 0.15) is 57.9 Å². The fourth-order valence-electron chi connectivity index (χ4n) is 3.52. The number of carbonyl (C=O) groups excluding carboxylic acids is 1. The van der Waals surface area contributed by atoms with Crippen molar-refractivity contribution < 1.29 is 14.3 Å². The molecule has 1 fully saturated rings. The standard InChI is InChI=1S/C21H30N4O3S/c1-14(28-18-13-9-8-12-17(18)27-4)19-23-24-21(25(19)3)29-15(2)20(26)22-16-10-6-5-7-11-16/h8-9,12-16H,5-7,10-11H2,1-4H3,(H,22,26). The molecule has 1 saturated carbocycles. The summed E-state index contributed by atoms with van der Waals surface area (Å²) in [5.41, 5.74) is 0. The lowest BCUT2D eigenvalue weighted by atomic mass is 9.95. The van der Waals surface area contributed by atoms with Crippen LogP contribution in [0.3, 0.4) is 0 Å². The Morgan fingerprint density at radius 1 is 1.17 bits per heavy atom. The molecule has 1 aromatic carbocycles. The number of methoxy groups -OCH3 is 1. The average Bonchev–Trinajstić information content (AvgIpc) is 3.09. The normalized spacial score (nSPS) is 16.8. The second-order valence-corrected chi connectivity index (χ2v) is 8.72. The van der Waals surface area contributed by atoms with E-state index >= 15 is 0 Å². The fraction of sp³-hybridized carbons (Fsp3) is 0.571. The van der Waals surface area contributed by atoms with E-state index in [1.54, 1.807) is 7.11 Å². The minimum absolute atomic E-state index is 0.0600. The molecule has 8 heteroatoms. The predicted molar refractivity (Wildman–Crippen MR) is 113 cm³/mol. The van der Waals surface area contributed by atoms with Crippen molar-refractivity contribution in [2.75, 3.05) is 7.11 Å². The lowest BCUT2D eigenvalue weighted by Gasteiger charge is -2.24. The van der Waals surface area contributed by atoms with Crippen LogP contribution >= 0.6 is 11.8 Å². The van der Waals surface area contributed by atoms with Gasteiger partial charge in [0.1, 0.15) is 0 Å². The summed E-state index contributed by atoms with van der Waals surface area (Å²) >= 11 is 1.42. The molecule has 2 unspecified atom stereocenters. The minimum Gasteiger partial charge on any atom is -0.493 e. The number of aromatic nitrogens is 3. The van der Waals surface area contributed by atoms with Gasteiger partial charge in [-0.05, 0) is 38.8 Å². The number of nitrogens with one attached hydrogen (secondary N) is 1. The largest absolute Gasteiger partial charge is 0.493 e. The van der Waals surface area contributed by atoms with Gasteiger partial charge < -0.3 is 19.4 Å². The summed E-state index contributed by atoms with van der Waals surface area (Å²) < 4.78 is 13.3. The van der Waals surface area contributed by atoms with E-state index in [2.05, 4.69) is 15.5 Å². The van der Waals surface area contributed by atoms with Crippen molar-refractivity contribution >= 4 is 17.7 Å². The highest BCUT2D eigenvalue weighted by Gasteiger charge is 2.24. The lowest BCUT2D eigenvalue weighted by molar-refractivity contribution is -0.121. The van der Waals surface area contributed by atoms with Gasteiger partial charge in [0.05, 0.1) is 12.4 Å². The van der Waals surface area contributed by atoms with Gasteiger partial charge in [0, 0.05) is 13.1 Å². The minimum atomic E-state index is -0.315. The zero-order valence-electron chi connectivity index (χ0n) is 17.6. The number of nitrogens with zero attached hydrogens (tertiary/aromatic N) is 3. The van der Waals surface area contributed by atoms with Gasteiger partial charge in [0.2, 0.25) is 5.91 Å². The maximum absolute atomic E-state index is 12.6. The van der Waals surface area contributed by atoms with E-state index in [-0.39, 0.29) is 17.3 Å². The molecule has 0 spiro atoms. The summed E-state index contributed by atoms with van der Waals surface area (Å²) in [7, 11) is 3.51. The zero-order chi connectivity index (χ0) is 20.8. The molecule has 0 radical (unpaired) electrons. The molecule has 1 amide bonds. The van der Waals surface area contributed by atoms with Crippen LogP contribution in [0, 0.1) is 0 Å². The molecule has 1 heterocycles. The van der Waals surface area contributed by atoms with Crippen LogP contribution in [-0.4, -0.2) is 39.1 Å². The summed E-state index contributed by atoms with van der Waals surface area (Å²) in [6, 6.07) is 7.82. The van der Waals surface area contributed by atoms with Crippen LogP contribution in [0.5, 0.6) is 11.5 Å². The molecule has 29 heavy (non-hydrogen) atoms. The molecule has 0 saturated heterocycles. The van der Waals surface area contributed by atoms with Crippen molar-refractivity contribution in [2.24, 2.45) is 7.05 Å². The third-order valence-electron chi connectivity index (χ3n) is 5.21. The van der Waals surface area contributed by atoms with E-state index in [1.165, 1.54) is 31.0 Å². The molecule has 1 N–H and O–H groups in total. The molecule has 1 aliphatic rings. The van der Waals surface area contributed by atoms with Crippen LogP contribution in [0.15, 0.2) is 29.4 Å². The molecular formula is C21H30N4O3S. The third kappa shape index (κ3) is 5.44. The Bertz CT molecular complexity index is 820. The molecular weight excluding hydrogens is 388 g/mol. The number of rotatable bonds is 8. The third-order valence-corrected chi connectivity index (χ3v) is 6.34. The molecule has 2 atom stereocenters. The van der Waals surface area contributed by atoms with Gasteiger partial charge in [0.15, 0.2) is 28.6 Å². The Labute approximate surface area is 176 Å². The summed E-state index contributed by atoms with van der Waals surface area (Å²) in [4.78, 5) is 12.6. The van der Waals surface area contributed by atoms with E-state index in [0.29, 0.717) is 28.5 Å². The number of carbonyl (C=O) groups is 1. The van der Waals surface area contributed by atoms with Crippen LogP contribution in [0.4, 0.5) is 0 Å². The summed E-state index contributed by atoms with van der Waals surface area (Å²) in [6.45, 7) is 3.83. The first-order chi connectivity index (χ1) is 14.0. The molecule has 7 nitrogen and oxygen atoms in total. The van der Waals surface area contributed by atoms with Gasteiger partial charge in [-0.3, -0.25) is 4.79 Å². The molecule has 2 aromatic rings. The Kier molecular flexibility index (Phi) is 7.41. The van der Waals surface area contributed by atoms with E-state index in [1.807, 2.05) is 49.7 Å². The molecule has 0 aliphatic heterocycles. The van der Waals surface area contributed by atoms with E-state index < -0.39 is 0 Å². The highest BCUT2D eigenvalue weighted by atomic mass is 32.2. The Morgan fingerprint density at radius 3 is 2.55 bits per heavy atom. The second-order valence-electron chi connectivity index (χ2n) is 7.41.